The lowest BCUT2D eigenvalue weighted by molar-refractivity contribution is 0.131. The van der Waals surface area contributed by atoms with E-state index in [1.165, 1.54) is 5.56 Å². The molecule has 0 bridgehead atoms. The highest BCUT2D eigenvalue weighted by molar-refractivity contribution is 9.10. The summed E-state index contributed by atoms with van der Waals surface area (Å²) in [5.74, 6) is 0. The van der Waals surface area contributed by atoms with Crippen LogP contribution in [0, 0.1) is 0 Å². The highest BCUT2D eigenvalue weighted by atomic mass is 79.9. The van der Waals surface area contributed by atoms with Gasteiger partial charge in [-0.15, -0.1) is 0 Å². The van der Waals surface area contributed by atoms with Crippen molar-refractivity contribution in [2.24, 2.45) is 5.10 Å². The summed E-state index contributed by atoms with van der Waals surface area (Å²) in [4.78, 5) is 2.45. The number of hydrazone groups is 1. The van der Waals surface area contributed by atoms with E-state index in [0.29, 0.717) is 0 Å². The number of halogens is 2. The van der Waals surface area contributed by atoms with Crippen molar-refractivity contribution in [2.75, 3.05) is 26.2 Å². The van der Waals surface area contributed by atoms with Crippen molar-refractivity contribution >= 4 is 33.7 Å². The number of rotatable bonds is 4. The minimum absolute atomic E-state index is 0.792. The molecule has 0 atom stereocenters. The molecule has 3 rings (SSSR count). The highest BCUT2D eigenvalue weighted by Gasteiger charge is 2.15. The zero-order valence-electron chi connectivity index (χ0n) is 12.8. The van der Waals surface area contributed by atoms with Gasteiger partial charge in [0.2, 0.25) is 0 Å². The lowest BCUT2D eigenvalue weighted by Gasteiger charge is -2.33. The summed E-state index contributed by atoms with van der Waals surface area (Å²) in [5, 5.41) is 7.53. The van der Waals surface area contributed by atoms with E-state index in [4.69, 9.17) is 11.6 Å². The van der Waals surface area contributed by atoms with Gasteiger partial charge >= 0.3 is 0 Å². The van der Waals surface area contributed by atoms with Crippen molar-refractivity contribution in [2.45, 2.75) is 6.54 Å². The first kappa shape index (κ1) is 16.5. The summed E-state index contributed by atoms with van der Waals surface area (Å²) >= 11 is 9.48. The van der Waals surface area contributed by atoms with Crippen molar-refractivity contribution < 1.29 is 0 Å². The first-order chi connectivity index (χ1) is 11.2. The quantitative estimate of drug-likeness (QED) is 0.724. The number of hydrogen-bond acceptors (Lipinski definition) is 3. The fraction of sp³-hybridized carbons (Fsp3) is 0.278. The maximum absolute atomic E-state index is 5.93. The van der Waals surface area contributed by atoms with Crippen molar-refractivity contribution in [1.82, 2.24) is 9.91 Å². The maximum atomic E-state index is 5.93. The molecular weight excluding hydrogens is 374 g/mol. The number of hydrogen-bond donors (Lipinski definition) is 0. The van der Waals surface area contributed by atoms with Gasteiger partial charge in [-0.2, -0.15) is 5.10 Å². The Morgan fingerprint density at radius 2 is 1.70 bits per heavy atom. The lowest BCUT2D eigenvalue weighted by Crippen LogP contribution is -2.43. The van der Waals surface area contributed by atoms with Crippen LogP contribution in [-0.2, 0) is 6.54 Å². The van der Waals surface area contributed by atoms with Crippen LogP contribution in [0.5, 0.6) is 0 Å². The predicted molar refractivity (Wildman–Crippen MR) is 100 cm³/mol. The van der Waals surface area contributed by atoms with Gasteiger partial charge in [0.15, 0.2) is 0 Å². The van der Waals surface area contributed by atoms with Crippen LogP contribution in [0.1, 0.15) is 11.1 Å². The second-order valence-corrected chi connectivity index (χ2v) is 6.91. The Bertz CT molecular complexity index is 664. The van der Waals surface area contributed by atoms with E-state index in [9.17, 15) is 0 Å². The number of nitrogens with zero attached hydrogens (tertiary/aromatic N) is 3. The van der Waals surface area contributed by atoms with Crippen LogP contribution in [0.4, 0.5) is 0 Å². The zero-order chi connectivity index (χ0) is 16.1. The second kappa shape index (κ2) is 7.95. The largest absolute Gasteiger partial charge is 0.295 e. The molecule has 1 saturated heterocycles. The maximum Gasteiger partial charge on any atom is 0.0554 e. The van der Waals surface area contributed by atoms with E-state index in [1.54, 1.807) is 0 Å². The molecule has 120 valence electrons. The Hall–Kier alpha value is -1.36. The standard InChI is InChI=1S/C18H19BrClN3/c19-18-4-2-1-3-16(18)13-21-23-11-9-22(10-12-23)14-15-5-7-17(20)8-6-15/h1-8,13H,9-12,14H2/b21-13+. The van der Waals surface area contributed by atoms with Crippen molar-refractivity contribution in [1.29, 1.82) is 0 Å². The third-order valence-corrected chi connectivity index (χ3v) is 4.91. The molecule has 0 amide bonds. The van der Waals surface area contributed by atoms with Crippen LogP contribution in [0.15, 0.2) is 58.1 Å². The predicted octanol–water partition coefficient (Wildman–Crippen LogP) is 4.25. The van der Waals surface area contributed by atoms with Gasteiger partial charge in [0.05, 0.1) is 6.21 Å². The van der Waals surface area contributed by atoms with Gasteiger partial charge in [0.1, 0.15) is 0 Å². The summed E-state index contributed by atoms with van der Waals surface area (Å²) < 4.78 is 1.07. The molecular formula is C18H19BrClN3. The molecule has 23 heavy (non-hydrogen) atoms. The Morgan fingerprint density at radius 1 is 1.00 bits per heavy atom. The van der Waals surface area contributed by atoms with E-state index in [2.05, 4.69) is 49.1 Å². The van der Waals surface area contributed by atoms with Gasteiger partial charge in [0, 0.05) is 47.8 Å². The molecule has 3 nitrogen and oxygen atoms in total. The molecule has 0 aliphatic carbocycles. The summed E-state index contributed by atoms with van der Waals surface area (Å²) in [6.45, 7) is 4.92. The lowest BCUT2D eigenvalue weighted by atomic mass is 10.2. The first-order valence-electron chi connectivity index (χ1n) is 7.71. The molecule has 0 radical (unpaired) electrons. The molecule has 5 heteroatoms. The van der Waals surface area contributed by atoms with Crippen LogP contribution in [-0.4, -0.2) is 42.3 Å². The van der Waals surface area contributed by atoms with Gasteiger partial charge in [-0.25, -0.2) is 0 Å². The molecule has 1 aliphatic heterocycles. The summed E-state index contributed by atoms with van der Waals surface area (Å²) in [6.07, 6.45) is 1.93. The van der Waals surface area contributed by atoms with E-state index >= 15 is 0 Å². The molecule has 0 spiro atoms. The van der Waals surface area contributed by atoms with Crippen molar-refractivity contribution in [3.8, 4) is 0 Å². The zero-order valence-corrected chi connectivity index (χ0v) is 15.2. The SMILES string of the molecule is Clc1ccc(CN2CCN(/N=C/c3ccccc3Br)CC2)cc1. The van der Waals surface area contributed by atoms with Crippen LogP contribution in [0.3, 0.4) is 0 Å². The molecule has 0 aromatic heterocycles. The fourth-order valence-corrected chi connectivity index (χ4v) is 3.10. The molecule has 2 aromatic rings. The van der Waals surface area contributed by atoms with Crippen LogP contribution < -0.4 is 0 Å². The molecule has 1 fully saturated rings. The Morgan fingerprint density at radius 3 is 2.39 bits per heavy atom. The molecule has 0 saturated carbocycles. The number of piperazine rings is 1. The second-order valence-electron chi connectivity index (χ2n) is 5.62. The van der Waals surface area contributed by atoms with Crippen molar-refractivity contribution in [3.05, 3.63) is 69.2 Å². The third kappa shape index (κ3) is 4.80. The Labute approximate surface area is 150 Å². The average molecular weight is 393 g/mol. The summed E-state index contributed by atoms with van der Waals surface area (Å²) in [5.41, 5.74) is 2.41. The van der Waals surface area contributed by atoms with Crippen molar-refractivity contribution in [3.63, 3.8) is 0 Å². The summed E-state index contributed by atoms with van der Waals surface area (Å²) in [6, 6.07) is 16.2. The van der Waals surface area contributed by atoms with Gasteiger partial charge in [-0.1, -0.05) is 57.9 Å². The van der Waals surface area contributed by atoms with E-state index < -0.39 is 0 Å². The molecule has 0 unspecified atom stereocenters. The fourth-order valence-electron chi connectivity index (χ4n) is 2.58. The number of benzene rings is 2. The first-order valence-corrected chi connectivity index (χ1v) is 8.88. The Kier molecular flexibility index (Phi) is 5.70. The van der Waals surface area contributed by atoms with E-state index in [0.717, 1.165) is 47.8 Å². The van der Waals surface area contributed by atoms with Gasteiger partial charge in [-0.3, -0.25) is 9.91 Å². The van der Waals surface area contributed by atoms with E-state index in [1.807, 2.05) is 36.5 Å². The third-order valence-electron chi connectivity index (χ3n) is 3.93. The average Bonchev–Trinajstić information content (AvgIpc) is 2.58. The van der Waals surface area contributed by atoms with Crippen LogP contribution >= 0.6 is 27.5 Å². The van der Waals surface area contributed by atoms with Gasteiger partial charge < -0.3 is 0 Å². The van der Waals surface area contributed by atoms with E-state index in [-0.39, 0.29) is 0 Å². The Balaban J connectivity index is 1.50. The molecule has 1 heterocycles. The smallest absolute Gasteiger partial charge is 0.0554 e. The minimum atomic E-state index is 0.792. The normalized spacial score (nSPS) is 16.2. The molecule has 1 aliphatic rings. The molecule has 2 aromatic carbocycles. The highest BCUT2D eigenvalue weighted by Crippen LogP contribution is 2.15. The van der Waals surface area contributed by atoms with Crippen LogP contribution in [0.25, 0.3) is 0 Å². The van der Waals surface area contributed by atoms with Gasteiger partial charge in [-0.05, 0) is 23.8 Å². The minimum Gasteiger partial charge on any atom is -0.295 e. The monoisotopic (exact) mass is 391 g/mol. The summed E-state index contributed by atoms with van der Waals surface area (Å²) in [7, 11) is 0. The topological polar surface area (TPSA) is 18.8 Å². The van der Waals surface area contributed by atoms with Crippen LogP contribution in [0.2, 0.25) is 5.02 Å². The van der Waals surface area contributed by atoms with Gasteiger partial charge in [0.25, 0.3) is 0 Å². The molecule has 0 N–H and O–H groups in total.